The van der Waals surface area contributed by atoms with Crippen LogP contribution in [0.3, 0.4) is 0 Å². The van der Waals surface area contributed by atoms with Crippen LogP contribution in [0.1, 0.15) is 6.42 Å². The lowest BCUT2D eigenvalue weighted by Gasteiger charge is -2.15. The quantitative estimate of drug-likeness (QED) is 0.363. The fraction of sp³-hybridized carbons (Fsp3) is 0.462. The van der Waals surface area contributed by atoms with E-state index in [9.17, 15) is 14.9 Å². The number of nitrogens with zero attached hydrogens (tertiary/aromatic N) is 1. The molecule has 1 aromatic carbocycles. The molecule has 8 nitrogen and oxygen atoms in total. The number of ether oxygens (including phenoxy) is 4. The molecule has 0 spiro atoms. The van der Waals surface area contributed by atoms with Gasteiger partial charge in [-0.3, -0.25) is 10.1 Å². The van der Waals surface area contributed by atoms with Crippen molar-refractivity contribution < 1.29 is 28.7 Å². The van der Waals surface area contributed by atoms with Crippen molar-refractivity contribution in [2.45, 2.75) is 18.8 Å². The van der Waals surface area contributed by atoms with Crippen molar-refractivity contribution >= 4 is 11.8 Å². The van der Waals surface area contributed by atoms with Gasteiger partial charge in [0.25, 0.3) is 5.69 Å². The Morgan fingerprint density at radius 2 is 2.05 bits per heavy atom. The van der Waals surface area contributed by atoms with Crippen LogP contribution in [0.25, 0.3) is 0 Å². The van der Waals surface area contributed by atoms with Crippen molar-refractivity contribution in [1.82, 2.24) is 0 Å². The van der Waals surface area contributed by atoms with Crippen LogP contribution in [0.15, 0.2) is 24.3 Å². The van der Waals surface area contributed by atoms with Crippen molar-refractivity contribution in [3.63, 3.8) is 0 Å². The van der Waals surface area contributed by atoms with Gasteiger partial charge in [0.1, 0.15) is 11.9 Å². The number of rotatable bonds is 3. The van der Waals surface area contributed by atoms with E-state index in [4.69, 9.17) is 18.9 Å². The predicted octanol–water partition coefficient (Wildman–Crippen LogP) is 1.87. The summed E-state index contributed by atoms with van der Waals surface area (Å²) in [7, 11) is 0. The molecule has 2 unspecified atom stereocenters. The van der Waals surface area contributed by atoms with Gasteiger partial charge in [-0.05, 0) is 18.6 Å². The summed E-state index contributed by atoms with van der Waals surface area (Å²) in [6.45, 7) is 0.872. The molecule has 0 radical (unpaired) electrons. The van der Waals surface area contributed by atoms with Gasteiger partial charge in [-0.1, -0.05) is 0 Å². The van der Waals surface area contributed by atoms with Crippen LogP contribution in [0.4, 0.5) is 10.5 Å². The Morgan fingerprint density at radius 1 is 1.29 bits per heavy atom. The lowest BCUT2D eigenvalue weighted by Crippen LogP contribution is -2.27. The van der Waals surface area contributed by atoms with Crippen LogP contribution in [0.2, 0.25) is 0 Å². The minimum atomic E-state index is -0.856. The molecule has 2 aliphatic rings. The van der Waals surface area contributed by atoms with Gasteiger partial charge in [0.15, 0.2) is 6.29 Å². The summed E-state index contributed by atoms with van der Waals surface area (Å²) in [4.78, 5) is 21.7. The van der Waals surface area contributed by atoms with E-state index >= 15 is 0 Å². The highest BCUT2D eigenvalue weighted by atomic mass is 16.8. The van der Waals surface area contributed by atoms with Gasteiger partial charge >= 0.3 is 6.16 Å². The first-order valence-corrected chi connectivity index (χ1v) is 6.49. The van der Waals surface area contributed by atoms with E-state index in [1.165, 1.54) is 24.3 Å². The summed E-state index contributed by atoms with van der Waals surface area (Å²) < 4.78 is 20.9. The van der Waals surface area contributed by atoms with Crippen LogP contribution in [-0.2, 0) is 14.2 Å². The van der Waals surface area contributed by atoms with Crippen LogP contribution >= 0.6 is 0 Å². The maximum Gasteiger partial charge on any atom is 0.514 e. The number of fused-ring (bicyclic) bond motifs is 1. The number of carbonyl (C=O) groups is 1. The Balaban J connectivity index is 1.55. The number of benzene rings is 1. The van der Waals surface area contributed by atoms with Gasteiger partial charge in [-0.15, -0.1) is 0 Å². The molecule has 2 heterocycles. The summed E-state index contributed by atoms with van der Waals surface area (Å²) in [5.41, 5.74) is -0.0779. The fourth-order valence-corrected chi connectivity index (χ4v) is 2.43. The fourth-order valence-electron chi connectivity index (χ4n) is 2.43. The van der Waals surface area contributed by atoms with Gasteiger partial charge in [-0.2, -0.15) is 0 Å². The molecule has 0 aromatic heterocycles. The summed E-state index contributed by atoms with van der Waals surface area (Å²) >= 11 is 0. The number of non-ortho nitro benzene ring substituents is 1. The van der Waals surface area contributed by atoms with Gasteiger partial charge in [-0.25, -0.2) is 4.79 Å². The second-order valence-electron chi connectivity index (χ2n) is 4.78. The SMILES string of the molecule is O=C(Oc1ccc([N+](=O)[O-])cc1)O[C@H]1COC2OCCC21. The molecule has 1 aromatic rings. The first-order chi connectivity index (χ1) is 10.1. The topological polar surface area (TPSA) is 97.1 Å². The maximum atomic E-state index is 11.7. The molecule has 0 N–H and O–H groups in total. The zero-order valence-corrected chi connectivity index (χ0v) is 11.0. The predicted molar refractivity (Wildman–Crippen MR) is 67.8 cm³/mol. The van der Waals surface area contributed by atoms with E-state index in [2.05, 4.69) is 0 Å². The molecule has 0 amide bonds. The number of hydrogen-bond acceptors (Lipinski definition) is 7. The van der Waals surface area contributed by atoms with Crippen molar-refractivity contribution in [2.75, 3.05) is 13.2 Å². The molecule has 0 aliphatic carbocycles. The third-order valence-corrected chi connectivity index (χ3v) is 3.48. The van der Waals surface area contributed by atoms with Crippen molar-refractivity contribution in [3.8, 4) is 5.75 Å². The number of hydrogen-bond donors (Lipinski definition) is 0. The highest BCUT2D eigenvalue weighted by molar-refractivity contribution is 5.64. The Hall–Kier alpha value is -2.19. The molecule has 2 fully saturated rings. The monoisotopic (exact) mass is 295 g/mol. The molecule has 3 atom stereocenters. The molecule has 0 saturated carbocycles. The Bertz CT molecular complexity index is 544. The van der Waals surface area contributed by atoms with Gasteiger partial charge in [0.2, 0.25) is 0 Å². The lowest BCUT2D eigenvalue weighted by molar-refractivity contribution is -0.384. The highest BCUT2D eigenvalue weighted by Gasteiger charge is 2.44. The normalized spacial score (nSPS) is 27.1. The van der Waals surface area contributed by atoms with E-state index in [-0.39, 0.29) is 36.4 Å². The second-order valence-corrected chi connectivity index (χ2v) is 4.78. The standard InChI is InChI=1S/C13H13NO7/c15-13(20-9-3-1-8(2-4-9)14(16)17)21-11-7-19-12-10(11)5-6-18-12/h1-4,10-12H,5-7H2/t10?,11-,12?/m0/s1. The van der Waals surface area contributed by atoms with Gasteiger partial charge in [0, 0.05) is 12.1 Å². The number of nitro benzene ring substituents is 1. The Labute approximate surface area is 119 Å². The first kappa shape index (κ1) is 13.8. The number of nitro groups is 1. The van der Waals surface area contributed by atoms with E-state index in [0.717, 1.165) is 6.42 Å². The Kier molecular flexibility index (Phi) is 3.72. The summed E-state index contributed by atoms with van der Waals surface area (Å²) in [5.74, 6) is 0.221. The summed E-state index contributed by atoms with van der Waals surface area (Å²) in [6, 6.07) is 5.18. The zero-order chi connectivity index (χ0) is 14.8. The lowest BCUT2D eigenvalue weighted by atomic mass is 10.0. The average molecular weight is 295 g/mol. The van der Waals surface area contributed by atoms with E-state index < -0.39 is 11.1 Å². The van der Waals surface area contributed by atoms with Crippen LogP contribution < -0.4 is 4.74 Å². The van der Waals surface area contributed by atoms with Crippen molar-refractivity contribution in [1.29, 1.82) is 0 Å². The molecule has 21 heavy (non-hydrogen) atoms. The van der Waals surface area contributed by atoms with Crippen molar-refractivity contribution in [3.05, 3.63) is 34.4 Å². The number of carbonyl (C=O) groups excluding carboxylic acids is 1. The smallest absolute Gasteiger partial charge is 0.428 e. The zero-order valence-electron chi connectivity index (χ0n) is 11.0. The van der Waals surface area contributed by atoms with E-state index in [1.54, 1.807) is 0 Å². The van der Waals surface area contributed by atoms with Gasteiger partial charge < -0.3 is 18.9 Å². The van der Waals surface area contributed by atoms with E-state index in [1.807, 2.05) is 0 Å². The second kappa shape index (κ2) is 5.66. The summed E-state index contributed by atoms with van der Waals surface area (Å²) in [5, 5.41) is 10.5. The highest BCUT2D eigenvalue weighted by Crippen LogP contribution is 2.33. The van der Waals surface area contributed by atoms with Crippen LogP contribution in [-0.4, -0.2) is 36.7 Å². The third-order valence-electron chi connectivity index (χ3n) is 3.48. The molecule has 2 saturated heterocycles. The minimum absolute atomic E-state index is 0.0365. The molecule has 2 aliphatic heterocycles. The minimum Gasteiger partial charge on any atom is -0.428 e. The molecular formula is C13H13NO7. The van der Waals surface area contributed by atoms with Crippen LogP contribution in [0.5, 0.6) is 5.75 Å². The van der Waals surface area contributed by atoms with Gasteiger partial charge in [0.05, 0.1) is 24.1 Å². The average Bonchev–Trinajstić information content (AvgIpc) is 3.04. The largest absolute Gasteiger partial charge is 0.514 e. The molecular weight excluding hydrogens is 282 g/mol. The third kappa shape index (κ3) is 2.96. The maximum absolute atomic E-state index is 11.7. The van der Waals surface area contributed by atoms with E-state index in [0.29, 0.717) is 6.61 Å². The molecule has 0 bridgehead atoms. The first-order valence-electron chi connectivity index (χ1n) is 6.49. The molecule has 3 rings (SSSR count). The van der Waals surface area contributed by atoms with Crippen molar-refractivity contribution in [2.24, 2.45) is 5.92 Å². The molecule has 112 valence electrons. The molecule has 8 heteroatoms. The van der Waals surface area contributed by atoms with Crippen LogP contribution in [0, 0.1) is 16.0 Å². The summed E-state index contributed by atoms with van der Waals surface area (Å²) in [6.07, 6.45) is -0.768. The Morgan fingerprint density at radius 3 is 2.76 bits per heavy atom.